The van der Waals surface area contributed by atoms with E-state index in [-0.39, 0.29) is 5.56 Å². The van der Waals surface area contributed by atoms with Crippen LogP contribution in [0, 0.1) is 0 Å². The summed E-state index contributed by atoms with van der Waals surface area (Å²) in [4.78, 5) is 17.6. The molecule has 0 N–H and O–H groups in total. The summed E-state index contributed by atoms with van der Waals surface area (Å²) in [5, 5.41) is 1.44. The van der Waals surface area contributed by atoms with Crippen molar-refractivity contribution in [2.24, 2.45) is 0 Å². The minimum absolute atomic E-state index is 0.107. The predicted octanol–water partition coefficient (Wildman–Crippen LogP) is 4.30. The van der Waals surface area contributed by atoms with Crippen LogP contribution in [0.3, 0.4) is 0 Å². The van der Waals surface area contributed by atoms with Gasteiger partial charge in [0.05, 0.1) is 5.69 Å². The van der Waals surface area contributed by atoms with Gasteiger partial charge in [0, 0.05) is 23.1 Å². The fourth-order valence-corrected chi connectivity index (χ4v) is 3.04. The number of aromatic nitrogens is 2. The van der Waals surface area contributed by atoms with Gasteiger partial charge in [-0.1, -0.05) is 36.4 Å². The Bertz CT molecular complexity index is 1070. The van der Waals surface area contributed by atoms with Crippen LogP contribution < -0.4 is 5.56 Å². The highest BCUT2D eigenvalue weighted by Gasteiger charge is 2.17. The molecule has 2 heterocycles. The number of pyridine rings is 1. The van der Waals surface area contributed by atoms with E-state index >= 15 is 0 Å². The van der Waals surface area contributed by atoms with Crippen molar-refractivity contribution in [1.82, 2.24) is 9.55 Å². The summed E-state index contributed by atoms with van der Waals surface area (Å²) < 4.78 is 7.53. The zero-order valence-electron chi connectivity index (χ0n) is 12.9. The van der Waals surface area contributed by atoms with Crippen molar-refractivity contribution >= 4 is 33.6 Å². The first-order valence-electron chi connectivity index (χ1n) is 7.84. The number of aryl methyl sites for hydroxylation is 1. The summed E-state index contributed by atoms with van der Waals surface area (Å²) in [5.74, 6) is 1.15. The molecular formula is C19H15ClN2O2. The van der Waals surface area contributed by atoms with Gasteiger partial charge in [-0.2, -0.15) is 0 Å². The minimum Gasteiger partial charge on any atom is -0.424 e. The Morgan fingerprint density at radius 1 is 1.00 bits per heavy atom. The molecule has 24 heavy (non-hydrogen) atoms. The van der Waals surface area contributed by atoms with Gasteiger partial charge < -0.3 is 4.42 Å². The minimum atomic E-state index is -0.107. The Hall–Kier alpha value is -2.59. The van der Waals surface area contributed by atoms with Crippen LogP contribution in [0.4, 0.5) is 0 Å². The molecule has 2 aromatic carbocycles. The second-order valence-electron chi connectivity index (χ2n) is 5.58. The van der Waals surface area contributed by atoms with Gasteiger partial charge in [0.1, 0.15) is 5.52 Å². The SMILES string of the molecule is O=c1c2ccccc2c2nc(CCCCl)oc2n1-c1ccccc1. The van der Waals surface area contributed by atoms with Crippen molar-refractivity contribution < 1.29 is 4.42 Å². The monoisotopic (exact) mass is 338 g/mol. The molecule has 0 atom stereocenters. The Balaban J connectivity index is 2.10. The van der Waals surface area contributed by atoms with Gasteiger partial charge >= 0.3 is 0 Å². The van der Waals surface area contributed by atoms with Crippen molar-refractivity contribution in [3.63, 3.8) is 0 Å². The molecule has 0 aliphatic carbocycles. The van der Waals surface area contributed by atoms with Crippen molar-refractivity contribution in [2.75, 3.05) is 5.88 Å². The third kappa shape index (κ3) is 2.39. The van der Waals surface area contributed by atoms with E-state index in [0.29, 0.717) is 34.8 Å². The van der Waals surface area contributed by atoms with E-state index in [1.165, 1.54) is 0 Å². The maximum atomic E-state index is 13.0. The van der Waals surface area contributed by atoms with Crippen molar-refractivity contribution in [3.8, 4) is 5.69 Å². The van der Waals surface area contributed by atoms with Crippen LogP contribution in [0.25, 0.3) is 27.7 Å². The van der Waals surface area contributed by atoms with E-state index in [4.69, 9.17) is 16.0 Å². The Labute approximate surface area is 143 Å². The second-order valence-corrected chi connectivity index (χ2v) is 5.95. The van der Waals surface area contributed by atoms with Crippen LogP contribution in [0.2, 0.25) is 0 Å². The topological polar surface area (TPSA) is 48.0 Å². The Kier molecular flexibility index (Phi) is 3.82. The number of alkyl halides is 1. The number of nitrogens with zero attached hydrogens (tertiary/aromatic N) is 2. The molecule has 0 spiro atoms. The van der Waals surface area contributed by atoms with Gasteiger partial charge in [0.15, 0.2) is 5.89 Å². The molecule has 0 fully saturated rings. The molecule has 120 valence electrons. The van der Waals surface area contributed by atoms with E-state index in [1.54, 1.807) is 4.57 Å². The van der Waals surface area contributed by atoms with Crippen LogP contribution >= 0.6 is 11.6 Å². The molecule has 0 amide bonds. The number of halogens is 1. The third-order valence-corrected chi connectivity index (χ3v) is 4.28. The van der Waals surface area contributed by atoms with E-state index in [0.717, 1.165) is 17.5 Å². The van der Waals surface area contributed by atoms with Gasteiger partial charge in [-0.25, -0.2) is 9.55 Å². The first kappa shape index (κ1) is 15.0. The van der Waals surface area contributed by atoms with Gasteiger partial charge in [0.2, 0.25) is 5.71 Å². The second kappa shape index (κ2) is 6.13. The predicted molar refractivity (Wildman–Crippen MR) is 96.2 cm³/mol. The van der Waals surface area contributed by atoms with Gasteiger partial charge in [-0.3, -0.25) is 4.79 Å². The maximum Gasteiger partial charge on any atom is 0.265 e. The maximum absolute atomic E-state index is 13.0. The first-order chi connectivity index (χ1) is 11.8. The summed E-state index contributed by atoms with van der Waals surface area (Å²) in [5.41, 5.74) is 1.84. The number of rotatable bonds is 4. The fourth-order valence-electron chi connectivity index (χ4n) is 2.91. The normalized spacial score (nSPS) is 11.4. The van der Waals surface area contributed by atoms with Gasteiger partial charge in [-0.05, 0) is 24.6 Å². The lowest BCUT2D eigenvalue weighted by atomic mass is 10.1. The van der Waals surface area contributed by atoms with E-state index in [2.05, 4.69) is 4.98 Å². The van der Waals surface area contributed by atoms with Gasteiger partial charge in [0.25, 0.3) is 5.56 Å². The molecule has 0 aliphatic heterocycles. The Morgan fingerprint density at radius 3 is 2.46 bits per heavy atom. The smallest absolute Gasteiger partial charge is 0.265 e. The zero-order chi connectivity index (χ0) is 16.5. The first-order valence-corrected chi connectivity index (χ1v) is 8.37. The molecule has 5 heteroatoms. The lowest BCUT2D eigenvalue weighted by Crippen LogP contribution is -2.18. The summed E-state index contributed by atoms with van der Waals surface area (Å²) in [6.07, 6.45) is 1.43. The van der Waals surface area contributed by atoms with Crippen molar-refractivity contribution in [2.45, 2.75) is 12.8 Å². The van der Waals surface area contributed by atoms with Crippen LogP contribution in [0.5, 0.6) is 0 Å². The lowest BCUT2D eigenvalue weighted by Gasteiger charge is -2.08. The van der Waals surface area contributed by atoms with Crippen LogP contribution in [-0.4, -0.2) is 15.4 Å². The molecule has 0 unspecified atom stereocenters. The Morgan fingerprint density at radius 2 is 1.71 bits per heavy atom. The van der Waals surface area contributed by atoms with Crippen LogP contribution in [0.1, 0.15) is 12.3 Å². The van der Waals surface area contributed by atoms with Gasteiger partial charge in [-0.15, -0.1) is 11.6 Å². The van der Waals surface area contributed by atoms with Crippen LogP contribution in [0.15, 0.2) is 63.8 Å². The highest BCUT2D eigenvalue weighted by atomic mass is 35.5. The molecular weight excluding hydrogens is 324 g/mol. The standard InChI is InChI=1S/C19H15ClN2O2/c20-12-6-11-16-21-17-14-9-4-5-10-15(14)18(23)22(19(17)24-16)13-7-2-1-3-8-13/h1-5,7-10H,6,11-12H2. The summed E-state index contributed by atoms with van der Waals surface area (Å²) >= 11 is 5.77. The summed E-state index contributed by atoms with van der Waals surface area (Å²) in [6.45, 7) is 0. The molecule has 2 aromatic heterocycles. The highest BCUT2D eigenvalue weighted by Crippen LogP contribution is 2.25. The average Bonchev–Trinajstić information content (AvgIpc) is 3.05. The summed E-state index contributed by atoms with van der Waals surface area (Å²) in [6, 6.07) is 17.0. The highest BCUT2D eigenvalue weighted by molar-refractivity contribution is 6.17. The van der Waals surface area contributed by atoms with Crippen molar-refractivity contribution in [1.29, 1.82) is 0 Å². The number of para-hydroxylation sites is 1. The molecule has 0 aliphatic rings. The molecule has 0 saturated carbocycles. The third-order valence-electron chi connectivity index (χ3n) is 4.01. The molecule has 4 nitrogen and oxygen atoms in total. The number of fused-ring (bicyclic) bond motifs is 3. The van der Waals surface area contributed by atoms with E-state index in [1.807, 2.05) is 54.6 Å². The summed E-state index contributed by atoms with van der Waals surface area (Å²) in [7, 11) is 0. The van der Waals surface area contributed by atoms with Crippen LogP contribution in [-0.2, 0) is 6.42 Å². The van der Waals surface area contributed by atoms with E-state index < -0.39 is 0 Å². The lowest BCUT2D eigenvalue weighted by molar-refractivity contribution is 0.511. The molecule has 0 radical (unpaired) electrons. The van der Waals surface area contributed by atoms with E-state index in [9.17, 15) is 4.79 Å². The van der Waals surface area contributed by atoms with Crippen molar-refractivity contribution in [3.05, 3.63) is 70.8 Å². The largest absolute Gasteiger partial charge is 0.424 e. The molecule has 4 rings (SSSR count). The molecule has 0 bridgehead atoms. The number of hydrogen-bond donors (Lipinski definition) is 0. The zero-order valence-corrected chi connectivity index (χ0v) is 13.7. The average molecular weight is 339 g/mol. The molecule has 4 aromatic rings. The molecule has 0 saturated heterocycles. The quantitative estimate of drug-likeness (QED) is 0.521. The fraction of sp³-hybridized carbons (Fsp3) is 0.158. The number of benzene rings is 2. The number of hydrogen-bond acceptors (Lipinski definition) is 3. The number of oxazole rings is 1.